The van der Waals surface area contributed by atoms with Crippen molar-refractivity contribution in [1.82, 2.24) is 10.2 Å². The molecule has 0 aliphatic rings. The fraction of sp³-hybridized carbons (Fsp3) is 0.355. The van der Waals surface area contributed by atoms with E-state index < -0.39 is 39.9 Å². The van der Waals surface area contributed by atoms with Gasteiger partial charge in [-0.05, 0) is 88.2 Å². The van der Waals surface area contributed by atoms with E-state index in [0.29, 0.717) is 17.9 Å². The van der Waals surface area contributed by atoms with Gasteiger partial charge in [-0.1, -0.05) is 37.3 Å². The molecule has 0 bridgehead atoms. The number of ether oxygens (including phenoxy) is 1. The van der Waals surface area contributed by atoms with Gasteiger partial charge in [-0.3, -0.25) is 13.9 Å². The fourth-order valence-electron chi connectivity index (χ4n) is 4.28. The third-order valence-corrected chi connectivity index (χ3v) is 7.98. The molecule has 0 unspecified atom stereocenters. The van der Waals surface area contributed by atoms with Crippen LogP contribution in [0.2, 0.25) is 0 Å². The van der Waals surface area contributed by atoms with Crippen LogP contribution in [0, 0.1) is 5.82 Å². The molecule has 0 saturated carbocycles. The summed E-state index contributed by atoms with van der Waals surface area (Å²) in [5, 5.41) is 2.92. The largest absolute Gasteiger partial charge is 0.494 e. The second-order valence-electron chi connectivity index (χ2n) is 10.6. The van der Waals surface area contributed by atoms with Crippen LogP contribution in [0.3, 0.4) is 0 Å². The number of amides is 2. The van der Waals surface area contributed by atoms with Gasteiger partial charge in [0, 0.05) is 12.1 Å². The smallest absolute Gasteiger partial charge is 0.264 e. The van der Waals surface area contributed by atoms with Crippen LogP contribution in [0.15, 0.2) is 83.8 Å². The molecule has 0 saturated heterocycles. The Morgan fingerprint density at radius 1 is 0.927 bits per heavy atom. The highest BCUT2D eigenvalue weighted by Gasteiger charge is 2.34. The number of halogens is 1. The van der Waals surface area contributed by atoms with E-state index in [0.717, 1.165) is 4.31 Å². The van der Waals surface area contributed by atoms with Gasteiger partial charge in [-0.25, -0.2) is 12.8 Å². The maximum absolute atomic E-state index is 14.1. The van der Waals surface area contributed by atoms with E-state index in [9.17, 15) is 22.4 Å². The van der Waals surface area contributed by atoms with Crippen molar-refractivity contribution < 1.29 is 27.1 Å². The van der Waals surface area contributed by atoms with Gasteiger partial charge in [0.25, 0.3) is 10.0 Å². The van der Waals surface area contributed by atoms with Crippen LogP contribution in [0.4, 0.5) is 10.1 Å². The predicted molar refractivity (Wildman–Crippen MR) is 158 cm³/mol. The van der Waals surface area contributed by atoms with Gasteiger partial charge >= 0.3 is 0 Å². The number of nitrogens with zero attached hydrogens (tertiary/aromatic N) is 2. The van der Waals surface area contributed by atoms with Crippen molar-refractivity contribution in [2.45, 2.75) is 64.1 Å². The Morgan fingerprint density at radius 3 is 2.07 bits per heavy atom. The van der Waals surface area contributed by atoms with Gasteiger partial charge in [0.05, 0.1) is 17.2 Å². The molecule has 0 radical (unpaired) electrons. The number of carbonyl (C=O) groups is 2. The van der Waals surface area contributed by atoms with Crippen LogP contribution in [-0.4, -0.2) is 49.9 Å². The molecule has 0 aliphatic carbocycles. The molecule has 2 amide bonds. The van der Waals surface area contributed by atoms with Gasteiger partial charge in [-0.15, -0.1) is 0 Å². The van der Waals surface area contributed by atoms with Crippen molar-refractivity contribution in [2.75, 3.05) is 17.5 Å². The van der Waals surface area contributed by atoms with E-state index >= 15 is 0 Å². The molecule has 3 rings (SSSR count). The highest BCUT2D eigenvalue weighted by Crippen LogP contribution is 2.27. The quantitative estimate of drug-likeness (QED) is 0.319. The maximum Gasteiger partial charge on any atom is 0.264 e. The lowest BCUT2D eigenvalue weighted by Gasteiger charge is -2.34. The summed E-state index contributed by atoms with van der Waals surface area (Å²) in [4.78, 5) is 28.8. The summed E-state index contributed by atoms with van der Waals surface area (Å²) in [7, 11) is -4.17. The molecular weight excluding hydrogens is 545 g/mol. The number of rotatable bonds is 12. The molecule has 0 aromatic heterocycles. The molecule has 0 fully saturated rings. The van der Waals surface area contributed by atoms with Gasteiger partial charge < -0.3 is 15.0 Å². The minimum atomic E-state index is -4.17. The Kier molecular flexibility index (Phi) is 10.5. The Hall–Kier alpha value is -3.92. The average molecular weight is 584 g/mol. The normalized spacial score (nSPS) is 12.3. The molecule has 8 nitrogen and oxygen atoms in total. The molecule has 41 heavy (non-hydrogen) atoms. The van der Waals surface area contributed by atoms with Crippen LogP contribution in [-0.2, 0) is 26.2 Å². The van der Waals surface area contributed by atoms with Crippen LogP contribution in [0.5, 0.6) is 5.75 Å². The van der Waals surface area contributed by atoms with Crippen molar-refractivity contribution in [3.8, 4) is 5.75 Å². The van der Waals surface area contributed by atoms with E-state index in [1.165, 1.54) is 41.3 Å². The standard InChI is InChI=1S/C31H38FN3O5S/c1-6-28(30(37)33-31(3,4)5)34(21-23-13-15-24(32)16-14-23)29(36)22-35(25-17-19-26(20-18-25)40-7-2)41(38,39)27-11-9-8-10-12-27/h8-20,28H,6-7,21-22H2,1-5H3,(H,33,37)/t28-/m1/s1. The summed E-state index contributed by atoms with van der Waals surface area (Å²) < 4.78 is 47.9. The van der Waals surface area contributed by atoms with Gasteiger partial charge in [0.15, 0.2) is 0 Å². The van der Waals surface area contributed by atoms with Gasteiger partial charge in [-0.2, -0.15) is 0 Å². The molecule has 3 aromatic rings. The molecule has 0 spiro atoms. The number of hydrogen-bond donors (Lipinski definition) is 1. The SMILES string of the molecule is CCOc1ccc(N(CC(=O)N(Cc2ccc(F)cc2)[C@H](CC)C(=O)NC(C)(C)C)S(=O)(=O)c2ccccc2)cc1. The number of hydrogen-bond acceptors (Lipinski definition) is 5. The molecule has 0 aliphatic heterocycles. The Labute approximate surface area is 242 Å². The van der Waals surface area contributed by atoms with Gasteiger partial charge in [0.1, 0.15) is 24.2 Å². The van der Waals surface area contributed by atoms with E-state index in [-0.39, 0.29) is 29.5 Å². The third kappa shape index (κ3) is 8.53. The van der Waals surface area contributed by atoms with E-state index in [2.05, 4.69) is 5.32 Å². The second kappa shape index (κ2) is 13.6. The van der Waals surface area contributed by atoms with Crippen molar-refractivity contribution >= 4 is 27.5 Å². The molecule has 1 N–H and O–H groups in total. The van der Waals surface area contributed by atoms with E-state index in [1.807, 2.05) is 27.7 Å². The summed E-state index contributed by atoms with van der Waals surface area (Å²) in [6.07, 6.45) is 0.281. The molecule has 1 atom stereocenters. The topological polar surface area (TPSA) is 96.0 Å². The van der Waals surface area contributed by atoms with Crippen molar-refractivity contribution in [3.05, 3.63) is 90.2 Å². The molecular formula is C31H38FN3O5S. The minimum absolute atomic E-state index is 0.0162. The number of nitrogens with one attached hydrogen (secondary N) is 1. The summed E-state index contributed by atoms with van der Waals surface area (Å²) >= 11 is 0. The van der Waals surface area contributed by atoms with Crippen LogP contribution in [0.1, 0.15) is 46.6 Å². The monoisotopic (exact) mass is 583 g/mol. The van der Waals surface area contributed by atoms with E-state index in [1.54, 1.807) is 49.4 Å². The molecule has 3 aromatic carbocycles. The Morgan fingerprint density at radius 2 is 1.54 bits per heavy atom. The predicted octanol–water partition coefficient (Wildman–Crippen LogP) is 5.14. The number of carbonyl (C=O) groups excluding carboxylic acids is 2. The highest BCUT2D eigenvalue weighted by molar-refractivity contribution is 7.92. The maximum atomic E-state index is 14.1. The summed E-state index contributed by atoms with van der Waals surface area (Å²) in [6, 6.07) is 19.0. The highest BCUT2D eigenvalue weighted by atomic mass is 32.2. The van der Waals surface area contributed by atoms with Crippen LogP contribution in [0.25, 0.3) is 0 Å². The zero-order valence-corrected chi connectivity index (χ0v) is 24.9. The zero-order valence-electron chi connectivity index (χ0n) is 24.1. The molecule has 10 heteroatoms. The summed E-state index contributed by atoms with van der Waals surface area (Å²) in [6.45, 7) is 9.00. The molecule has 220 valence electrons. The first-order chi connectivity index (χ1) is 19.4. The van der Waals surface area contributed by atoms with Crippen LogP contribution >= 0.6 is 0 Å². The van der Waals surface area contributed by atoms with E-state index in [4.69, 9.17) is 4.74 Å². The van der Waals surface area contributed by atoms with Crippen molar-refractivity contribution in [2.24, 2.45) is 0 Å². The Balaban J connectivity index is 2.05. The Bertz CT molecular complexity index is 1410. The first kappa shape index (κ1) is 31.6. The first-order valence-electron chi connectivity index (χ1n) is 13.5. The zero-order chi connectivity index (χ0) is 30.2. The lowest BCUT2D eigenvalue weighted by atomic mass is 10.1. The van der Waals surface area contributed by atoms with Crippen molar-refractivity contribution in [3.63, 3.8) is 0 Å². The molecule has 0 heterocycles. The number of benzene rings is 3. The lowest BCUT2D eigenvalue weighted by molar-refractivity contribution is -0.141. The lowest BCUT2D eigenvalue weighted by Crippen LogP contribution is -2.55. The minimum Gasteiger partial charge on any atom is -0.494 e. The number of anilines is 1. The summed E-state index contributed by atoms with van der Waals surface area (Å²) in [5.41, 5.74) is 0.306. The first-order valence-corrected chi connectivity index (χ1v) is 15.0. The average Bonchev–Trinajstić information content (AvgIpc) is 2.92. The second-order valence-corrected chi connectivity index (χ2v) is 12.4. The number of sulfonamides is 1. The van der Waals surface area contributed by atoms with Gasteiger partial charge in [0.2, 0.25) is 11.8 Å². The van der Waals surface area contributed by atoms with Crippen molar-refractivity contribution in [1.29, 1.82) is 0 Å². The van der Waals surface area contributed by atoms with Crippen LogP contribution < -0.4 is 14.4 Å². The third-order valence-electron chi connectivity index (χ3n) is 6.20. The summed E-state index contributed by atoms with van der Waals surface area (Å²) in [5.74, 6) is -0.824. The fourth-order valence-corrected chi connectivity index (χ4v) is 5.72.